The van der Waals surface area contributed by atoms with Crippen LogP contribution in [-0.2, 0) is 27.3 Å². The number of rotatable bonds is 6. The van der Waals surface area contributed by atoms with Gasteiger partial charge in [-0.25, -0.2) is 0 Å². The second-order valence-electron chi connectivity index (χ2n) is 8.95. The van der Waals surface area contributed by atoms with E-state index < -0.39 is 28.7 Å². The van der Waals surface area contributed by atoms with E-state index in [0.29, 0.717) is 0 Å². The van der Waals surface area contributed by atoms with Crippen LogP contribution < -0.4 is 26.4 Å². The minimum absolute atomic E-state index is 0. The van der Waals surface area contributed by atoms with Crippen molar-refractivity contribution in [3.8, 4) is 0 Å². The van der Waals surface area contributed by atoms with Gasteiger partial charge in [0.15, 0.2) is 0 Å². The number of hydrogen-bond acceptors (Lipinski definition) is 0. The number of benzene rings is 6. The summed E-state index contributed by atoms with van der Waals surface area (Å²) >= 11 is -3.26. The van der Waals surface area contributed by atoms with E-state index in [1.807, 2.05) is 0 Å². The molecule has 6 rings (SSSR count). The van der Waals surface area contributed by atoms with Gasteiger partial charge in [0, 0.05) is 27.3 Å². The molecule has 0 aliphatic carbocycles. The maximum absolute atomic E-state index is 2.27. The molecule has 6 aromatic rings. The third-order valence-corrected chi connectivity index (χ3v) is 17.8. The summed E-state index contributed by atoms with van der Waals surface area (Å²) < 4.78 is 9.00. The molecular formula is C36H30CdGe2. The van der Waals surface area contributed by atoms with Crippen LogP contribution in [0.2, 0.25) is 0 Å². The zero-order valence-electron chi connectivity index (χ0n) is 22.0. The van der Waals surface area contributed by atoms with E-state index in [-0.39, 0.29) is 27.3 Å². The second-order valence-corrected chi connectivity index (χ2v) is 19.4. The molecule has 0 unspecified atom stereocenters. The summed E-state index contributed by atoms with van der Waals surface area (Å²) in [5.41, 5.74) is 0. The zero-order chi connectivity index (χ0) is 25.8. The SMILES string of the molecule is [Cd].c1cc[c]([Ge]([c]2ccccc2)[c]2ccccc2)cc1.c1cc[c]([Ge]([c]2ccccc2)[c]2ccccc2)cc1. The standard InChI is InChI=1S/2C18H15Ge.Cd/c2*1-4-10-16(11-5-1)19(17-12-6-2-7-13-17)18-14-8-3-9-15-18;/h2*1-15H;. The predicted molar refractivity (Wildman–Crippen MR) is 168 cm³/mol. The van der Waals surface area contributed by atoms with Gasteiger partial charge in [0.05, 0.1) is 0 Å². The Morgan fingerprint density at radius 1 is 0.205 bits per heavy atom. The van der Waals surface area contributed by atoms with E-state index in [9.17, 15) is 0 Å². The van der Waals surface area contributed by atoms with Gasteiger partial charge in [0.2, 0.25) is 0 Å². The molecule has 3 heteroatoms. The first kappa shape index (κ1) is 29.3. The molecule has 0 bridgehead atoms. The maximum atomic E-state index is 2.27. The summed E-state index contributed by atoms with van der Waals surface area (Å²) in [4.78, 5) is 0. The fourth-order valence-electron chi connectivity index (χ4n) is 4.63. The Morgan fingerprint density at radius 3 is 0.462 bits per heavy atom. The molecule has 0 aliphatic heterocycles. The molecule has 0 heterocycles. The van der Waals surface area contributed by atoms with Gasteiger partial charge < -0.3 is 0 Å². The first-order chi connectivity index (χ1) is 18.9. The number of hydrogen-bond donors (Lipinski definition) is 0. The predicted octanol–water partition coefficient (Wildman–Crippen LogP) is 4.40. The topological polar surface area (TPSA) is 0 Å². The average Bonchev–Trinajstić information content (AvgIpc) is 3.01. The van der Waals surface area contributed by atoms with Crippen LogP contribution in [0.15, 0.2) is 182 Å². The minimum atomic E-state index is -1.63. The van der Waals surface area contributed by atoms with Crippen LogP contribution in [0.25, 0.3) is 0 Å². The fraction of sp³-hybridized carbons (Fsp3) is 0. The van der Waals surface area contributed by atoms with E-state index in [1.165, 1.54) is 26.4 Å². The third kappa shape index (κ3) is 8.16. The van der Waals surface area contributed by atoms with Crippen molar-refractivity contribution >= 4 is 55.1 Å². The molecule has 39 heavy (non-hydrogen) atoms. The molecule has 0 atom stereocenters. The Balaban J connectivity index is 0.000000176. The van der Waals surface area contributed by atoms with Crippen LogP contribution in [0, 0.1) is 0 Å². The van der Waals surface area contributed by atoms with E-state index in [1.54, 1.807) is 0 Å². The average molecular weight is 720 g/mol. The fourth-order valence-corrected chi connectivity index (χ4v) is 15.4. The summed E-state index contributed by atoms with van der Waals surface area (Å²) in [6.45, 7) is 0. The van der Waals surface area contributed by atoms with Crippen molar-refractivity contribution in [3.05, 3.63) is 182 Å². The molecule has 2 radical (unpaired) electrons. The Morgan fingerprint density at radius 2 is 0.333 bits per heavy atom. The Hall–Kier alpha value is -2.67. The van der Waals surface area contributed by atoms with Crippen LogP contribution in [0.1, 0.15) is 0 Å². The monoisotopic (exact) mass is 724 g/mol. The Kier molecular flexibility index (Phi) is 11.9. The van der Waals surface area contributed by atoms with E-state index in [4.69, 9.17) is 0 Å². The van der Waals surface area contributed by atoms with Crippen molar-refractivity contribution in [3.63, 3.8) is 0 Å². The molecule has 6 aromatic carbocycles. The summed E-state index contributed by atoms with van der Waals surface area (Å²) in [5, 5.41) is 0. The molecular weight excluding hydrogens is 690 g/mol. The van der Waals surface area contributed by atoms with Crippen molar-refractivity contribution in [2.75, 3.05) is 0 Å². The quantitative estimate of drug-likeness (QED) is 0.224. The summed E-state index contributed by atoms with van der Waals surface area (Å²) in [5.74, 6) is 0. The first-order valence-electron chi connectivity index (χ1n) is 13.0. The molecule has 0 aromatic heterocycles. The zero-order valence-corrected chi connectivity index (χ0v) is 30.3. The molecule has 0 N–H and O–H groups in total. The molecule has 0 nitrogen and oxygen atoms in total. The molecule has 0 saturated carbocycles. The van der Waals surface area contributed by atoms with Crippen LogP contribution in [0.3, 0.4) is 0 Å². The van der Waals surface area contributed by atoms with Crippen LogP contribution in [0.4, 0.5) is 0 Å². The van der Waals surface area contributed by atoms with Gasteiger partial charge in [-0.2, -0.15) is 0 Å². The van der Waals surface area contributed by atoms with E-state index in [0.717, 1.165) is 0 Å². The van der Waals surface area contributed by atoms with Gasteiger partial charge in [0.1, 0.15) is 0 Å². The Labute approximate surface area is 262 Å². The molecule has 0 spiro atoms. The van der Waals surface area contributed by atoms with Gasteiger partial charge in [-0.15, -0.1) is 0 Å². The molecule has 0 saturated heterocycles. The molecule has 0 amide bonds. The first-order valence-corrected chi connectivity index (χ1v) is 19.3. The molecule has 184 valence electrons. The molecule has 0 fully saturated rings. The van der Waals surface area contributed by atoms with Crippen molar-refractivity contribution in [1.82, 2.24) is 0 Å². The van der Waals surface area contributed by atoms with Gasteiger partial charge in [-0.3, -0.25) is 0 Å². The van der Waals surface area contributed by atoms with Gasteiger partial charge in [0.25, 0.3) is 0 Å². The van der Waals surface area contributed by atoms with Crippen molar-refractivity contribution in [1.29, 1.82) is 0 Å². The van der Waals surface area contributed by atoms with Gasteiger partial charge >= 0.3 is 237 Å². The van der Waals surface area contributed by atoms with Crippen molar-refractivity contribution < 1.29 is 27.3 Å². The third-order valence-electron chi connectivity index (χ3n) is 6.37. The summed E-state index contributed by atoms with van der Waals surface area (Å²) in [7, 11) is 0. The van der Waals surface area contributed by atoms with Gasteiger partial charge in [-0.1, -0.05) is 0 Å². The molecule has 0 aliphatic rings. The van der Waals surface area contributed by atoms with Crippen molar-refractivity contribution in [2.45, 2.75) is 0 Å². The van der Waals surface area contributed by atoms with Crippen LogP contribution in [0.5, 0.6) is 0 Å². The van der Waals surface area contributed by atoms with Crippen molar-refractivity contribution in [2.24, 2.45) is 0 Å². The summed E-state index contributed by atoms with van der Waals surface area (Å²) in [6.07, 6.45) is 0. The normalized spacial score (nSPS) is 10.3. The van der Waals surface area contributed by atoms with Crippen LogP contribution in [-0.4, -0.2) is 28.7 Å². The Bertz CT molecular complexity index is 1170. The second kappa shape index (κ2) is 15.8. The van der Waals surface area contributed by atoms with E-state index >= 15 is 0 Å². The van der Waals surface area contributed by atoms with Gasteiger partial charge in [-0.05, 0) is 0 Å². The van der Waals surface area contributed by atoms with Crippen LogP contribution >= 0.6 is 0 Å². The van der Waals surface area contributed by atoms with E-state index in [2.05, 4.69) is 182 Å². The summed E-state index contributed by atoms with van der Waals surface area (Å²) in [6, 6.07) is 65.6.